The number of hydrogen-bond donors (Lipinski definition) is 2. The van der Waals surface area contributed by atoms with Gasteiger partial charge < -0.3 is 15.2 Å². The number of aromatic nitrogens is 3. The number of Topliss-reactive ketones (excluding diaryl/α,β-unsaturated/α-hetero) is 1. The van der Waals surface area contributed by atoms with Gasteiger partial charge >= 0.3 is 0 Å². The van der Waals surface area contributed by atoms with E-state index < -0.39 is 0 Å². The van der Waals surface area contributed by atoms with E-state index in [1.807, 2.05) is 6.92 Å². The molecule has 26 heavy (non-hydrogen) atoms. The molecule has 0 bridgehead atoms. The molecule has 1 aliphatic carbocycles. The molecule has 2 N–H and O–H groups in total. The third kappa shape index (κ3) is 3.09. The van der Waals surface area contributed by atoms with Crippen LogP contribution in [0.4, 0.5) is 5.95 Å². The molecule has 7 nitrogen and oxygen atoms in total. The van der Waals surface area contributed by atoms with E-state index in [1.54, 1.807) is 18.5 Å². The highest BCUT2D eigenvalue weighted by Crippen LogP contribution is 2.26. The SMILES string of the molecule is Cc1c(C(=O)N[C@H]2CCCN(c3ncccn3)C2)[nH]c2c1C(=O)CCC2. The number of aryl methyl sites for hydroxylation is 1. The highest BCUT2D eigenvalue weighted by molar-refractivity contribution is 6.04. The summed E-state index contributed by atoms with van der Waals surface area (Å²) in [7, 11) is 0. The third-order valence-corrected chi connectivity index (χ3v) is 5.26. The van der Waals surface area contributed by atoms with Gasteiger partial charge in [0.15, 0.2) is 5.78 Å². The summed E-state index contributed by atoms with van der Waals surface area (Å²) in [6.07, 6.45) is 7.61. The van der Waals surface area contributed by atoms with Crippen LogP contribution in [0.15, 0.2) is 18.5 Å². The van der Waals surface area contributed by atoms with Gasteiger partial charge in [0, 0.05) is 49.2 Å². The number of hydrogen-bond acceptors (Lipinski definition) is 5. The molecule has 2 aliphatic rings. The Morgan fingerprint density at radius 2 is 2.08 bits per heavy atom. The normalized spacial score (nSPS) is 20.0. The van der Waals surface area contributed by atoms with Crippen molar-refractivity contribution in [3.05, 3.63) is 41.0 Å². The summed E-state index contributed by atoms with van der Waals surface area (Å²) in [5.74, 6) is 0.707. The first-order chi connectivity index (χ1) is 12.6. The molecule has 1 fully saturated rings. The Labute approximate surface area is 152 Å². The summed E-state index contributed by atoms with van der Waals surface area (Å²) in [6.45, 7) is 3.44. The predicted molar refractivity (Wildman–Crippen MR) is 97.5 cm³/mol. The topological polar surface area (TPSA) is 91.0 Å². The first-order valence-electron chi connectivity index (χ1n) is 9.21. The summed E-state index contributed by atoms with van der Waals surface area (Å²) >= 11 is 0. The molecule has 1 amide bonds. The largest absolute Gasteiger partial charge is 0.354 e. The Kier molecular flexibility index (Phi) is 4.44. The first-order valence-corrected chi connectivity index (χ1v) is 9.21. The van der Waals surface area contributed by atoms with Gasteiger partial charge in [0.1, 0.15) is 5.69 Å². The molecule has 1 atom stereocenters. The van der Waals surface area contributed by atoms with E-state index in [4.69, 9.17) is 0 Å². The lowest BCUT2D eigenvalue weighted by Crippen LogP contribution is -2.48. The average Bonchev–Trinajstić information content (AvgIpc) is 3.01. The number of fused-ring (bicyclic) bond motifs is 1. The van der Waals surface area contributed by atoms with Gasteiger partial charge in [0.25, 0.3) is 5.91 Å². The third-order valence-electron chi connectivity index (χ3n) is 5.26. The molecular weight excluding hydrogens is 330 g/mol. The number of carbonyl (C=O) groups is 2. The van der Waals surface area contributed by atoms with Crippen LogP contribution < -0.4 is 10.2 Å². The molecule has 1 aliphatic heterocycles. The summed E-state index contributed by atoms with van der Waals surface area (Å²) in [4.78, 5) is 38.9. The minimum absolute atomic E-state index is 0.0375. The number of piperidine rings is 1. The summed E-state index contributed by atoms with van der Waals surface area (Å²) in [5.41, 5.74) is 2.94. The minimum Gasteiger partial charge on any atom is -0.354 e. The number of carbonyl (C=O) groups excluding carboxylic acids is 2. The van der Waals surface area contributed by atoms with Crippen LogP contribution in [-0.2, 0) is 6.42 Å². The molecular formula is C19H23N5O2. The summed E-state index contributed by atoms with van der Waals surface area (Å²) in [6, 6.07) is 1.83. The molecule has 2 aromatic rings. The smallest absolute Gasteiger partial charge is 0.268 e. The van der Waals surface area contributed by atoms with E-state index in [0.29, 0.717) is 24.6 Å². The number of nitrogens with one attached hydrogen (secondary N) is 2. The van der Waals surface area contributed by atoms with E-state index in [1.165, 1.54) is 0 Å². The van der Waals surface area contributed by atoms with E-state index in [0.717, 1.165) is 49.0 Å². The van der Waals surface area contributed by atoms with Crippen molar-refractivity contribution in [3.8, 4) is 0 Å². The number of rotatable bonds is 3. The maximum atomic E-state index is 12.8. The van der Waals surface area contributed by atoms with Gasteiger partial charge in [-0.1, -0.05) is 0 Å². The van der Waals surface area contributed by atoms with Gasteiger partial charge in [0.2, 0.25) is 5.95 Å². The van der Waals surface area contributed by atoms with E-state index >= 15 is 0 Å². The molecule has 4 rings (SSSR count). The molecule has 0 saturated carbocycles. The van der Waals surface area contributed by atoms with Crippen LogP contribution in [0.2, 0.25) is 0 Å². The highest BCUT2D eigenvalue weighted by atomic mass is 16.2. The second-order valence-electron chi connectivity index (χ2n) is 7.06. The van der Waals surface area contributed by atoms with Gasteiger partial charge in [-0.3, -0.25) is 9.59 Å². The molecule has 136 valence electrons. The molecule has 0 radical (unpaired) electrons. The zero-order valence-corrected chi connectivity index (χ0v) is 14.9. The Bertz CT molecular complexity index is 830. The Hall–Kier alpha value is -2.70. The lowest BCUT2D eigenvalue weighted by Gasteiger charge is -2.33. The van der Waals surface area contributed by atoms with Crippen molar-refractivity contribution in [3.63, 3.8) is 0 Å². The molecule has 2 aromatic heterocycles. The van der Waals surface area contributed by atoms with Gasteiger partial charge in [-0.15, -0.1) is 0 Å². The fourth-order valence-corrected chi connectivity index (χ4v) is 3.99. The van der Waals surface area contributed by atoms with Crippen molar-refractivity contribution in [2.75, 3.05) is 18.0 Å². The quantitative estimate of drug-likeness (QED) is 0.881. The lowest BCUT2D eigenvalue weighted by molar-refractivity contribution is 0.0927. The summed E-state index contributed by atoms with van der Waals surface area (Å²) in [5, 5.41) is 3.12. The van der Waals surface area contributed by atoms with Gasteiger partial charge in [-0.2, -0.15) is 0 Å². The zero-order valence-electron chi connectivity index (χ0n) is 14.9. The van der Waals surface area contributed by atoms with Crippen LogP contribution in [0, 0.1) is 6.92 Å². The molecule has 1 saturated heterocycles. The second-order valence-corrected chi connectivity index (χ2v) is 7.06. The van der Waals surface area contributed by atoms with Crippen molar-refractivity contribution in [1.29, 1.82) is 0 Å². The fourth-order valence-electron chi connectivity index (χ4n) is 3.99. The standard InChI is InChI=1S/C19H23N5O2/c1-12-16-14(6-2-7-15(16)25)23-17(12)18(26)22-13-5-3-10-24(11-13)19-20-8-4-9-21-19/h4,8-9,13,23H,2-3,5-7,10-11H2,1H3,(H,22,26)/t13-/m0/s1. The van der Waals surface area contributed by atoms with Crippen LogP contribution in [0.25, 0.3) is 0 Å². The van der Waals surface area contributed by atoms with Crippen molar-refractivity contribution >= 4 is 17.6 Å². The number of H-pyrrole nitrogens is 1. The Morgan fingerprint density at radius 1 is 1.27 bits per heavy atom. The first kappa shape index (κ1) is 16.8. The van der Waals surface area contributed by atoms with Crippen LogP contribution in [0.5, 0.6) is 0 Å². The van der Waals surface area contributed by atoms with E-state index in [9.17, 15) is 9.59 Å². The Morgan fingerprint density at radius 3 is 2.85 bits per heavy atom. The highest BCUT2D eigenvalue weighted by Gasteiger charge is 2.28. The monoisotopic (exact) mass is 353 g/mol. The molecule has 0 unspecified atom stereocenters. The molecule has 3 heterocycles. The van der Waals surface area contributed by atoms with Gasteiger partial charge in [-0.05, 0) is 44.2 Å². The van der Waals surface area contributed by atoms with Crippen LogP contribution in [0.1, 0.15) is 57.8 Å². The average molecular weight is 353 g/mol. The van der Waals surface area contributed by atoms with Crippen molar-refractivity contribution in [1.82, 2.24) is 20.3 Å². The number of aromatic amines is 1. The lowest BCUT2D eigenvalue weighted by atomic mass is 9.93. The van der Waals surface area contributed by atoms with Crippen molar-refractivity contribution in [2.24, 2.45) is 0 Å². The number of ketones is 1. The molecule has 7 heteroatoms. The maximum Gasteiger partial charge on any atom is 0.268 e. The van der Waals surface area contributed by atoms with E-state index in [-0.39, 0.29) is 17.7 Å². The molecule has 0 aromatic carbocycles. The zero-order chi connectivity index (χ0) is 18.1. The van der Waals surface area contributed by atoms with E-state index in [2.05, 4.69) is 25.2 Å². The minimum atomic E-state index is -0.134. The second kappa shape index (κ2) is 6.90. The van der Waals surface area contributed by atoms with Crippen LogP contribution in [0.3, 0.4) is 0 Å². The predicted octanol–water partition coefficient (Wildman–Crippen LogP) is 2.03. The van der Waals surface area contributed by atoms with Crippen molar-refractivity contribution < 1.29 is 9.59 Å². The number of anilines is 1. The maximum absolute atomic E-state index is 12.8. The Balaban J connectivity index is 1.47. The summed E-state index contributed by atoms with van der Waals surface area (Å²) < 4.78 is 0. The van der Waals surface area contributed by atoms with Crippen LogP contribution in [-0.4, -0.2) is 45.8 Å². The van der Waals surface area contributed by atoms with Crippen molar-refractivity contribution in [2.45, 2.75) is 45.1 Å². The van der Waals surface area contributed by atoms with Crippen LogP contribution >= 0.6 is 0 Å². The molecule has 0 spiro atoms. The number of amides is 1. The van der Waals surface area contributed by atoms with Gasteiger partial charge in [0.05, 0.1) is 0 Å². The fraction of sp³-hybridized carbons (Fsp3) is 0.474. The number of nitrogens with zero attached hydrogens (tertiary/aromatic N) is 3. The van der Waals surface area contributed by atoms with Gasteiger partial charge in [-0.25, -0.2) is 9.97 Å².